The van der Waals surface area contributed by atoms with Crippen LogP contribution < -0.4 is 0 Å². The molecule has 0 saturated heterocycles. The third kappa shape index (κ3) is 4.72. The maximum absolute atomic E-state index is 9.75. The summed E-state index contributed by atoms with van der Waals surface area (Å²) in [7, 11) is -6.00. The highest BCUT2D eigenvalue weighted by Crippen LogP contribution is 2.36. The van der Waals surface area contributed by atoms with Gasteiger partial charge < -0.3 is 17.3 Å². The second kappa shape index (κ2) is 7.73. The van der Waals surface area contributed by atoms with E-state index < -0.39 is 7.25 Å². The molecule has 0 spiro atoms. The van der Waals surface area contributed by atoms with Gasteiger partial charge >= 0.3 is 18.8 Å². The summed E-state index contributed by atoms with van der Waals surface area (Å²) in [6.07, 6.45) is 3.37. The van der Waals surface area contributed by atoms with E-state index in [1.807, 2.05) is 6.07 Å². The molecule has 134 valence electrons. The van der Waals surface area contributed by atoms with Gasteiger partial charge in [0.1, 0.15) is 0 Å². The van der Waals surface area contributed by atoms with Gasteiger partial charge in [0.2, 0.25) is 0 Å². The SMILES string of the molecule is F[B-](F)(F)F.c1ccc(-c2cc(-c3ccccc3)c3c([o+]2)CCC3)cc1. The van der Waals surface area contributed by atoms with Gasteiger partial charge in [0.15, 0.2) is 0 Å². The molecule has 1 aliphatic carbocycles. The molecule has 4 rings (SSSR count). The van der Waals surface area contributed by atoms with Gasteiger partial charge in [-0.05, 0) is 30.5 Å². The molecule has 0 saturated carbocycles. The quantitative estimate of drug-likeness (QED) is 0.282. The molecular formula is C20H17BF4O. The van der Waals surface area contributed by atoms with Crippen molar-refractivity contribution in [1.29, 1.82) is 0 Å². The molecule has 26 heavy (non-hydrogen) atoms. The maximum atomic E-state index is 9.75. The van der Waals surface area contributed by atoms with E-state index in [4.69, 9.17) is 4.42 Å². The largest absolute Gasteiger partial charge is 0.673 e. The van der Waals surface area contributed by atoms with Crippen molar-refractivity contribution in [3.05, 3.63) is 78.1 Å². The minimum absolute atomic E-state index is 0.968. The fraction of sp³-hybridized carbons (Fsp3) is 0.150. The predicted octanol–water partition coefficient (Wildman–Crippen LogP) is 6.68. The molecule has 0 radical (unpaired) electrons. The minimum Gasteiger partial charge on any atom is -0.418 e. The zero-order valence-corrected chi connectivity index (χ0v) is 14.0. The van der Waals surface area contributed by atoms with Crippen molar-refractivity contribution in [1.82, 2.24) is 0 Å². The van der Waals surface area contributed by atoms with Crippen LogP contribution in [0.25, 0.3) is 22.5 Å². The maximum Gasteiger partial charge on any atom is 0.673 e. The van der Waals surface area contributed by atoms with E-state index in [9.17, 15) is 17.3 Å². The number of hydrogen-bond donors (Lipinski definition) is 0. The highest BCUT2D eigenvalue weighted by atomic mass is 19.5. The Morgan fingerprint density at radius 2 is 1.27 bits per heavy atom. The highest BCUT2D eigenvalue weighted by Gasteiger charge is 2.29. The van der Waals surface area contributed by atoms with Gasteiger partial charge in [-0.2, -0.15) is 0 Å². The van der Waals surface area contributed by atoms with Crippen LogP contribution in [0.3, 0.4) is 0 Å². The first-order valence-electron chi connectivity index (χ1n) is 8.39. The first-order valence-corrected chi connectivity index (χ1v) is 8.39. The topological polar surface area (TPSA) is 11.3 Å². The number of aryl methyl sites for hydroxylation is 1. The number of halogens is 4. The monoisotopic (exact) mass is 360 g/mol. The van der Waals surface area contributed by atoms with Crippen LogP contribution >= 0.6 is 0 Å². The van der Waals surface area contributed by atoms with E-state index >= 15 is 0 Å². The van der Waals surface area contributed by atoms with Crippen LogP contribution in [0.5, 0.6) is 0 Å². The van der Waals surface area contributed by atoms with Crippen molar-refractivity contribution in [2.75, 3.05) is 0 Å². The summed E-state index contributed by atoms with van der Waals surface area (Å²) >= 11 is 0. The molecule has 0 N–H and O–H groups in total. The first kappa shape index (κ1) is 18.2. The van der Waals surface area contributed by atoms with Crippen LogP contribution in [0, 0.1) is 0 Å². The van der Waals surface area contributed by atoms with Gasteiger partial charge in [0.25, 0.3) is 0 Å². The van der Waals surface area contributed by atoms with Crippen molar-refractivity contribution in [3.8, 4) is 22.5 Å². The summed E-state index contributed by atoms with van der Waals surface area (Å²) < 4.78 is 45.2. The number of fused-ring (bicyclic) bond motifs is 1. The van der Waals surface area contributed by atoms with Crippen LogP contribution in [0.2, 0.25) is 0 Å². The average molecular weight is 360 g/mol. The molecule has 0 bridgehead atoms. The lowest BCUT2D eigenvalue weighted by Gasteiger charge is -2.04. The fourth-order valence-corrected chi connectivity index (χ4v) is 3.11. The second-order valence-corrected chi connectivity index (χ2v) is 6.01. The van der Waals surface area contributed by atoms with Crippen molar-refractivity contribution >= 4 is 7.25 Å². The number of benzene rings is 2. The second-order valence-electron chi connectivity index (χ2n) is 6.01. The van der Waals surface area contributed by atoms with Crippen molar-refractivity contribution in [2.24, 2.45) is 0 Å². The molecule has 2 aromatic carbocycles. The lowest BCUT2D eigenvalue weighted by atomic mass is 9.98. The van der Waals surface area contributed by atoms with Gasteiger partial charge in [-0.25, -0.2) is 4.42 Å². The van der Waals surface area contributed by atoms with Crippen molar-refractivity contribution in [2.45, 2.75) is 19.3 Å². The normalized spacial score (nSPS) is 12.9. The smallest absolute Gasteiger partial charge is 0.418 e. The number of rotatable bonds is 2. The summed E-state index contributed by atoms with van der Waals surface area (Å²) in [5.41, 5.74) is 5.14. The molecule has 0 aliphatic heterocycles. The summed E-state index contributed by atoms with van der Waals surface area (Å²) in [6.45, 7) is 0. The molecule has 0 unspecified atom stereocenters. The van der Waals surface area contributed by atoms with E-state index in [2.05, 4.69) is 60.7 Å². The Morgan fingerprint density at radius 1 is 0.731 bits per heavy atom. The molecule has 0 atom stereocenters. The van der Waals surface area contributed by atoms with Crippen LogP contribution in [-0.4, -0.2) is 7.25 Å². The van der Waals surface area contributed by atoms with Crippen LogP contribution in [-0.2, 0) is 12.8 Å². The molecule has 1 heterocycles. The lowest BCUT2D eigenvalue weighted by Crippen LogP contribution is -2.02. The molecule has 1 nitrogen and oxygen atoms in total. The van der Waals surface area contributed by atoms with E-state index in [-0.39, 0.29) is 0 Å². The molecule has 0 amide bonds. The van der Waals surface area contributed by atoms with Gasteiger partial charge in [-0.3, -0.25) is 0 Å². The first-order chi connectivity index (χ1) is 12.4. The van der Waals surface area contributed by atoms with Gasteiger partial charge in [0.05, 0.1) is 23.6 Å². The average Bonchev–Trinajstić information content (AvgIpc) is 3.09. The zero-order chi connectivity index (χ0) is 18.6. The van der Waals surface area contributed by atoms with Crippen molar-refractivity contribution < 1.29 is 21.7 Å². The van der Waals surface area contributed by atoms with Crippen LogP contribution in [0.1, 0.15) is 17.7 Å². The Labute approximate surface area is 149 Å². The Kier molecular flexibility index (Phi) is 5.40. The highest BCUT2D eigenvalue weighted by molar-refractivity contribution is 6.50. The Bertz CT molecular complexity index is 858. The molecular weight excluding hydrogens is 343 g/mol. The van der Waals surface area contributed by atoms with Crippen molar-refractivity contribution in [3.63, 3.8) is 0 Å². The van der Waals surface area contributed by atoms with Crippen LogP contribution in [0.4, 0.5) is 17.3 Å². The third-order valence-corrected chi connectivity index (χ3v) is 4.14. The summed E-state index contributed by atoms with van der Waals surface area (Å²) in [5.74, 6) is 2.13. The molecule has 1 aliphatic rings. The molecule has 3 aromatic rings. The van der Waals surface area contributed by atoms with Gasteiger partial charge in [0, 0.05) is 5.56 Å². The Morgan fingerprint density at radius 3 is 1.85 bits per heavy atom. The van der Waals surface area contributed by atoms with E-state index in [1.165, 1.54) is 23.1 Å². The lowest BCUT2D eigenvalue weighted by molar-refractivity contribution is 0.368. The Hall–Kier alpha value is -2.63. The fourth-order valence-electron chi connectivity index (χ4n) is 3.11. The van der Waals surface area contributed by atoms with Gasteiger partial charge in [-0.1, -0.05) is 48.5 Å². The molecule has 1 aromatic heterocycles. The van der Waals surface area contributed by atoms with E-state index in [1.54, 1.807) is 0 Å². The number of hydrogen-bond acceptors (Lipinski definition) is 0. The third-order valence-electron chi connectivity index (χ3n) is 4.14. The summed E-state index contributed by atoms with van der Waals surface area (Å²) in [4.78, 5) is 0. The Balaban J connectivity index is 0.000000349. The standard InChI is InChI=1S/C20H17O.BF4/c1-3-8-15(9-4-1)18-14-20(16-10-5-2-6-11-16)21-19-13-7-12-17(18)19;2-1(3,4)5/h1-6,8-11,14H,7,12-13H2;/q+1;-1. The summed E-state index contributed by atoms with van der Waals surface area (Å²) in [6, 6.07) is 23.2. The zero-order valence-electron chi connectivity index (χ0n) is 14.0. The van der Waals surface area contributed by atoms with E-state index in [0.717, 1.165) is 29.9 Å². The summed E-state index contributed by atoms with van der Waals surface area (Å²) in [5, 5.41) is 0. The van der Waals surface area contributed by atoms with E-state index in [0.29, 0.717) is 0 Å². The minimum atomic E-state index is -6.00. The van der Waals surface area contributed by atoms with Gasteiger partial charge in [-0.15, -0.1) is 0 Å². The molecule has 6 heteroatoms. The molecule has 0 fully saturated rings. The predicted molar refractivity (Wildman–Crippen MR) is 96.2 cm³/mol. The van der Waals surface area contributed by atoms with Crippen LogP contribution in [0.15, 0.2) is 71.1 Å².